The molecular formula is C19H23NO2. The first kappa shape index (κ1) is 16.3. The molecule has 2 aromatic rings. The number of fused-ring (bicyclic) bond motifs is 1. The molecule has 2 rings (SSSR count). The third-order valence-corrected chi connectivity index (χ3v) is 3.86. The number of Topliss-reactive ketones (excluding diaryl/α,β-unsaturated/α-hetero) is 2. The summed E-state index contributed by atoms with van der Waals surface area (Å²) in [4.78, 5) is 27.9. The Labute approximate surface area is 131 Å². The van der Waals surface area contributed by atoms with E-state index in [9.17, 15) is 9.59 Å². The van der Waals surface area contributed by atoms with E-state index in [0.717, 1.165) is 42.1 Å². The first-order valence-electron chi connectivity index (χ1n) is 8.02. The van der Waals surface area contributed by atoms with E-state index in [1.54, 1.807) is 13.1 Å². The number of rotatable bonds is 8. The summed E-state index contributed by atoms with van der Waals surface area (Å²) < 4.78 is 0. The summed E-state index contributed by atoms with van der Waals surface area (Å²) in [6, 6.07) is 7.87. The lowest BCUT2D eigenvalue weighted by atomic mass is 9.95. The van der Waals surface area contributed by atoms with Crippen LogP contribution in [-0.4, -0.2) is 16.6 Å². The van der Waals surface area contributed by atoms with Gasteiger partial charge in [-0.25, -0.2) is 0 Å². The lowest BCUT2D eigenvalue weighted by molar-refractivity contribution is -0.117. The smallest absolute Gasteiger partial charge is 0.163 e. The predicted molar refractivity (Wildman–Crippen MR) is 89.2 cm³/mol. The molecule has 3 heteroatoms. The molecule has 22 heavy (non-hydrogen) atoms. The summed E-state index contributed by atoms with van der Waals surface area (Å²) in [5, 5.41) is 1.00. The van der Waals surface area contributed by atoms with Gasteiger partial charge in [0, 0.05) is 30.0 Å². The highest BCUT2D eigenvalue weighted by Gasteiger charge is 2.13. The van der Waals surface area contributed by atoms with E-state index in [1.807, 2.05) is 18.2 Å². The fraction of sp³-hybridized carbons (Fsp3) is 0.421. The lowest BCUT2D eigenvalue weighted by Gasteiger charge is -2.10. The van der Waals surface area contributed by atoms with Crippen molar-refractivity contribution in [3.8, 4) is 0 Å². The summed E-state index contributed by atoms with van der Waals surface area (Å²) >= 11 is 0. The van der Waals surface area contributed by atoms with Crippen LogP contribution in [0.2, 0.25) is 0 Å². The van der Waals surface area contributed by atoms with Gasteiger partial charge in [0.25, 0.3) is 0 Å². The van der Waals surface area contributed by atoms with Gasteiger partial charge in [0.05, 0.1) is 5.52 Å². The van der Waals surface area contributed by atoms with Crippen LogP contribution in [0.25, 0.3) is 10.9 Å². The zero-order valence-electron chi connectivity index (χ0n) is 13.4. The van der Waals surface area contributed by atoms with Gasteiger partial charge in [0.15, 0.2) is 5.78 Å². The summed E-state index contributed by atoms with van der Waals surface area (Å²) in [6.07, 6.45) is 6.30. The van der Waals surface area contributed by atoms with E-state index < -0.39 is 0 Å². The normalized spacial score (nSPS) is 10.8. The van der Waals surface area contributed by atoms with Gasteiger partial charge in [-0.2, -0.15) is 0 Å². The first-order valence-corrected chi connectivity index (χ1v) is 8.02. The fourth-order valence-electron chi connectivity index (χ4n) is 2.78. The SMILES string of the molecule is CCCc1cccc2nccc(C(=O)CCCCC(C)=O)c12. The van der Waals surface area contributed by atoms with Crippen molar-refractivity contribution in [2.75, 3.05) is 0 Å². The van der Waals surface area contributed by atoms with Crippen LogP contribution in [0.4, 0.5) is 0 Å². The summed E-state index contributed by atoms with van der Waals surface area (Å²) in [5.41, 5.74) is 2.86. The van der Waals surface area contributed by atoms with Crippen molar-refractivity contribution in [2.45, 2.75) is 52.4 Å². The molecular weight excluding hydrogens is 274 g/mol. The molecule has 0 amide bonds. The van der Waals surface area contributed by atoms with Crippen LogP contribution < -0.4 is 0 Å². The number of unbranched alkanes of at least 4 members (excludes halogenated alkanes) is 1. The molecule has 0 saturated carbocycles. The summed E-state index contributed by atoms with van der Waals surface area (Å²) in [6.45, 7) is 3.73. The number of benzene rings is 1. The van der Waals surface area contributed by atoms with E-state index in [1.165, 1.54) is 5.56 Å². The Bertz CT molecular complexity index is 671. The van der Waals surface area contributed by atoms with Crippen LogP contribution in [0, 0.1) is 0 Å². The Morgan fingerprint density at radius 3 is 2.59 bits per heavy atom. The van der Waals surface area contributed by atoms with Gasteiger partial charge in [-0.3, -0.25) is 9.78 Å². The second kappa shape index (κ2) is 7.83. The molecule has 1 aromatic carbocycles. The quantitative estimate of drug-likeness (QED) is 0.531. The highest BCUT2D eigenvalue weighted by Crippen LogP contribution is 2.24. The maximum atomic E-state index is 12.5. The van der Waals surface area contributed by atoms with E-state index in [0.29, 0.717) is 12.8 Å². The summed E-state index contributed by atoms with van der Waals surface area (Å²) in [7, 11) is 0. The van der Waals surface area contributed by atoms with Gasteiger partial charge in [-0.15, -0.1) is 0 Å². The molecule has 1 aromatic heterocycles. The lowest BCUT2D eigenvalue weighted by Crippen LogP contribution is -2.03. The average Bonchev–Trinajstić information content (AvgIpc) is 2.51. The van der Waals surface area contributed by atoms with Crippen LogP contribution in [0.15, 0.2) is 30.5 Å². The Morgan fingerprint density at radius 1 is 1.09 bits per heavy atom. The number of hydrogen-bond donors (Lipinski definition) is 0. The number of hydrogen-bond acceptors (Lipinski definition) is 3. The molecule has 116 valence electrons. The second-order valence-electron chi connectivity index (χ2n) is 5.75. The highest BCUT2D eigenvalue weighted by molar-refractivity contribution is 6.08. The number of carbonyl (C=O) groups excluding carboxylic acids is 2. The Hall–Kier alpha value is -2.03. The predicted octanol–water partition coefficient (Wildman–Crippen LogP) is 4.52. The van der Waals surface area contributed by atoms with Crippen molar-refractivity contribution in [3.63, 3.8) is 0 Å². The maximum absolute atomic E-state index is 12.5. The van der Waals surface area contributed by atoms with Gasteiger partial charge in [-0.1, -0.05) is 25.5 Å². The fourth-order valence-corrected chi connectivity index (χ4v) is 2.78. The topological polar surface area (TPSA) is 47.0 Å². The van der Waals surface area contributed by atoms with Crippen LogP contribution in [0.1, 0.15) is 61.9 Å². The third kappa shape index (κ3) is 4.00. The van der Waals surface area contributed by atoms with Crippen LogP contribution in [0.5, 0.6) is 0 Å². The molecule has 0 bridgehead atoms. The molecule has 1 heterocycles. The molecule has 0 spiro atoms. The van der Waals surface area contributed by atoms with Crippen molar-refractivity contribution in [3.05, 3.63) is 41.6 Å². The number of aromatic nitrogens is 1. The molecule has 3 nitrogen and oxygen atoms in total. The third-order valence-electron chi connectivity index (χ3n) is 3.86. The second-order valence-corrected chi connectivity index (χ2v) is 5.75. The minimum absolute atomic E-state index is 0.152. The number of carbonyl (C=O) groups is 2. The largest absolute Gasteiger partial charge is 0.300 e. The van der Waals surface area contributed by atoms with Crippen molar-refractivity contribution in [2.24, 2.45) is 0 Å². The highest BCUT2D eigenvalue weighted by atomic mass is 16.1. The Kier molecular flexibility index (Phi) is 5.82. The zero-order chi connectivity index (χ0) is 15.9. The van der Waals surface area contributed by atoms with Gasteiger partial charge >= 0.3 is 0 Å². The molecule has 0 N–H and O–H groups in total. The van der Waals surface area contributed by atoms with Crippen molar-refractivity contribution < 1.29 is 9.59 Å². The monoisotopic (exact) mass is 297 g/mol. The van der Waals surface area contributed by atoms with E-state index >= 15 is 0 Å². The number of pyridine rings is 1. The van der Waals surface area contributed by atoms with E-state index in [2.05, 4.69) is 18.0 Å². The minimum atomic E-state index is 0.152. The number of nitrogens with zero attached hydrogens (tertiary/aromatic N) is 1. The molecule has 0 aliphatic carbocycles. The maximum Gasteiger partial charge on any atom is 0.163 e. The van der Waals surface area contributed by atoms with Crippen molar-refractivity contribution in [1.82, 2.24) is 4.98 Å². The number of ketones is 2. The van der Waals surface area contributed by atoms with Crippen LogP contribution in [0.3, 0.4) is 0 Å². The standard InChI is InChI=1S/C19H23NO2/c1-3-7-15-9-6-10-17-19(15)16(12-13-20-17)18(22)11-5-4-8-14(2)21/h6,9-10,12-13H,3-5,7-8,11H2,1-2H3. The molecule has 0 saturated heterocycles. The van der Waals surface area contributed by atoms with Gasteiger partial charge in [0.1, 0.15) is 5.78 Å². The van der Waals surface area contributed by atoms with Gasteiger partial charge < -0.3 is 4.79 Å². The van der Waals surface area contributed by atoms with Crippen molar-refractivity contribution >= 4 is 22.5 Å². The van der Waals surface area contributed by atoms with Gasteiger partial charge in [0.2, 0.25) is 0 Å². The molecule has 0 fully saturated rings. The average molecular weight is 297 g/mol. The number of aryl methyl sites for hydroxylation is 1. The Balaban J connectivity index is 2.22. The Morgan fingerprint density at radius 2 is 1.86 bits per heavy atom. The van der Waals surface area contributed by atoms with Crippen LogP contribution in [-0.2, 0) is 11.2 Å². The van der Waals surface area contributed by atoms with Crippen molar-refractivity contribution in [1.29, 1.82) is 0 Å². The molecule has 0 unspecified atom stereocenters. The van der Waals surface area contributed by atoms with Crippen LogP contribution >= 0.6 is 0 Å². The molecule has 0 atom stereocenters. The van der Waals surface area contributed by atoms with E-state index in [4.69, 9.17) is 0 Å². The molecule has 0 aliphatic rings. The zero-order valence-corrected chi connectivity index (χ0v) is 13.4. The summed E-state index contributed by atoms with van der Waals surface area (Å²) in [5.74, 6) is 0.339. The van der Waals surface area contributed by atoms with E-state index in [-0.39, 0.29) is 11.6 Å². The minimum Gasteiger partial charge on any atom is -0.300 e. The first-order chi connectivity index (χ1) is 10.6. The molecule has 0 radical (unpaired) electrons. The van der Waals surface area contributed by atoms with Gasteiger partial charge in [-0.05, 0) is 43.9 Å². The molecule has 0 aliphatic heterocycles.